The number of halogens is 1. The molecule has 0 saturated carbocycles. The first-order valence-corrected chi connectivity index (χ1v) is 6.05. The van der Waals surface area contributed by atoms with E-state index in [1.807, 2.05) is 0 Å². The maximum atomic E-state index is 5.26. The van der Waals surface area contributed by atoms with Crippen molar-refractivity contribution in [1.82, 2.24) is 0 Å². The van der Waals surface area contributed by atoms with Crippen molar-refractivity contribution in [3.8, 4) is 0 Å². The van der Waals surface area contributed by atoms with Gasteiger partial charge in [0.1, 0.15) is 6.79 Å². The summed E-state index contributed by atoms with van der Waals surface area (Å²) in [7, 11) is 1.66. The first kappa shape index (κ1) is 23.5. The molecular weight excluding hydrogens is 339 g/mol. The van der Waals surface area contributed by atoms with Gasteiger partial charge in [0.25, 0.3) is 0 Å². The van der Waals surface area contributed by atoms with Crippen molar-refractivity contribution < 1.29 is 33.5 Å². The van der Waals surface area contributed by atoms with Gasteiger partial charge in [-0.15, -0.1) is 0 Å². The fraction of sp³-hybridized carbons (Fsp3) is 0.923. The molecule has 0 saturated heterocycles. The second kappa shape index (κ2) is 17.4. The van der Waals surface area contributed by atoms with Crippen molar-refractivity contribution in [1.29, 1.82) is 0 Å². The fourth-order valence-electron chi connectivity index (χ4n) is 1.98. The van der Waals surface area contributed by atoms with E-state index in [1.165, 1.54) is 19.3 Å². The second-order valence-electron chi connectivity index (χ2n) is 4.55. The minimum atomic E-state index is 0. The zero-order valence-corrected chi connectivity index (χ0v) is 15.4. The van der Waals surface area contributed by atoms with Gasteiger partial charge in [0.15, 0.2) is 0 Å². The SMILES string of the molecule is C[CH-]CC(C)CC(C)CCCOCOC.[I-].[Mg+2]. The quantitative estimate of drug-likeness (QED) is 0.182. The number of hydrogen-bond donors (Lipinski definition) is 0. The van der Waals surface area contributed by atoms with E-state index in [1.54, 1.807) is 7.11 Å². The summed E-state index contributed by atoms with van der Waals surface area (Å²) in [4.78, 5) is 0. The average Bonchev–Trinajstić information content (AvgIpc) is 2.17. The van der Waals surface area contributed by atoms with E-state index in [-0.39, 0.29) is 47.0 Å². The number of methoxy groups -OCH3 is 1. The van der Waals surface area contributed by atoms with Crippen LogP contribution in [0.1, 0.15) is 46.5 Å². The monoisotopic (exact) mass is 366 g/mol. The van der Waals surface area contributed by atoms with Crippen LogP contribution in [0.25, 0.3) is 0 Å². The van der Waals surface area contributed by atoms with Crippen LogP contribution in [-0.2, 0) is 9.47 Å². The van der Waals surface area contributed by atoms with Gasteiger partial charge < -0.3 is 39.9 Å². The zero-order valence-electron chi connectivity index (χ0n) is 11.9. The molecule has 4 heteroatoms. The van der Waals surface area contributed by atoms with Gasteiger partial charge in [0.2, 0.25) is 0 Å². The molecule has 0 rings (SSSR count). The van der Waals surface area contributed by atoms with Gasteiger partial charge in [0.05, 0.1) is 0 Å². The Morgan fingerprint density at radius 2 is 1.82 bits per heavy atom. The van der Waals surface area contributed by atoms with E-state index in [9.17, 15) is 0 Å². The van der Waals surface area contributed by atoms with Crippen molar-refractivity contribution >= 4 is 23.1 Å². The Morgan fingerprint density at radius 1 is 1.18 bits per heavy atom. The Hall–Kier alpha value is 1.42. The van der Waals surface area contributed by atoms with Crippen molar-refractivity contribution in [2.75, 3.05) is 20.5 Å². The summed E-state index contributed by atoms with van der Waals surface area (Å²) in [6.07, 6.45) is 7.24. The van der Waals surface area contributed by atoms with Gasteiger partial charge in [-0.3, -0.25) is 0 Å². The van der Waals surface area contributed by atoms with Crippen LogP contribution in [0.5, 0.6) is 0 Å². The van der Waals surface area contributed by atoms with Crippen LogP contribution in [-0.4, -0.2) is 43.6 Å². The van der Waals surface area contributed by atoms with E-state index in [0.717, 1.165) is 24.9 Å². The van der Waals surface area contributed by atoms with Gasteiger partial charge in [-0.1, -0.05) is 26.2 Å². The summed E-state index contributed by atoms with van der Waals surface area (Å²) in [6.45, 7) is 8.06. The molecule has 0 aliphatic rings. The molecule has 100 valence electrons. The molecule has 2 atom stereocenters. The van der Waals surface area contributed by atoms with Crippen molar-refractivity contribution in [3.05, 3.63) is 6.42 Å². The molecule has 0 N–H and O–H groups in total. The summed E-state index contributed by atoms with van der Waals surface area (Å²) in [5.41, 5.74) is 0. The van der Waals surface area contributed by atoms with Crippen LogP contribution in [0.3, 0.4) is 0 Å². The molecule has 0 aromatic heterocycles. The molecule has 0 spiro atoms. The smallest absolute Gasteiger partial charge is 1.00 e. The topological polar surface area (TPSA) is 18.5 Å². The van der Waals surface area contributed by atoms with E-state index in [2.05, 4.69) is 27.2 Å². The largest absolute Gasteiger partial charge is 2.00 e. The molecule has 17 heavy (non-hydrogen) atoms. The van der Waals surface area contributed by atoms with Crippen LogP contribution >= 0.6 is 0 Å². The third-order valence-corrected chi connectivity index (χ3v) is 2.63. The number of hydrogen-bond acceptors (Lipinski definition) is 2. The molecule has 2 unspecified atom stereocenters. The predicted octanol–water partition coefficient (Wildman–Crippen LogP) is 0.287. The minimum absolute atomic E-state index is 0. The van der Waals surface area contributed by atoms with Crippen molar-refractivity contribution in [2.24, 2.45) is 11.8 Å². The minimum Gasteiger partial charge on any atom is -1.00 e. The van der Waals surface area contributed by atoms with Crippen LogP contribution in [0.2, 0.25) is 0 Å². The molecule has 0 bridgehead atoms. The normalized spacial score (nSPS) is 13.4. The molecule has 0 aliphatic carbocycles. The van der Waals surface area contributed by atoms with Gasteiger partial charge in [0, 0.05) is 13.7 Å². The Balaban J connectivity index is -0.000000980. The summed E-state index contributed by atoms with van der Waals surface area (Å²) in [5.74, 6) is 1.64. The Kier molecular flexibility index (Phi) is 24.1. The zero-order chi connectivity index (χ0) is 11.5. The summed E-state index contributed by atoms with van der Waals surface area (Å²) >= 11 is 0. The van der Waals surface area contributed by atoms with E-state index < -0.39 is 0 Å². The fourth-order valence-corrected chi connectivity index (χ4v) is 1.98. The standard InChI is InChI=1S/C13H27O2.HI.Mg/c1-5-7-12(2)10-13(3)8-6-9-15-11-14-4;;/h5,12-13H,6-11H2,1-4H3;1H;/q-1;;+2/p-1. The first-order valence-electron chi connectivity index (χ1n) is 6.05. The third kappa shape index (κ3) is 17.4. The maximum Gasteiger partial charge on any atom is 2.00 e. The molecule has 0 fully saturated rings. The molecular formula is C13H27IMgO2. The Morgan fingerprint density at radius 3 is 2.35 bits per heavy atom. The second-order valence-corrected chi connectivity index (χ2v) is 4.55. The van der Waals surface area contributed by atoms with Crippen molar-refractivity contribution in [2.45, 2.75) is 46.5 Å². The van der Waals surface area contributed by atoms with E-state index in [0.29, 0.717) is 6.79 Å². The predicted molar refractivity (Wildman–Crippen MR) is 70.4 cm³/mol. The number of ether oxygens (including phenoxy) is 2. The number of rotatable bonds is 10. The average molecular weight is 367 g/mol. The van der Waals surface area contributed by atoms with Gasteiger partial charge in [-0.2, -0.15) is 13.3 Å². The van der Waals surface area contributed by atoms with Gasteiger partial charge in [-0.05, 0) is 18.8 Å². The molecule has 0 heterocycles. The molecule has 0 amide bonds. The van der Waals surface area contributed by atoms with Gasteiger partial charge in [-0.25, -0.2) is 0 Å². The van der Waals surface area contributed by atoms with Crippen molar-refractivity contribution in [3.63, 3.8) is 0 Å². The first-order chi connectivity index (χ1) is 7.20. The Bertz CT molecular complexity index is 137. The maximum absolute atomic E-state index is 5.26. The molecule has 0 radical (unpaired) electrons. The van der Waals surface area contributed by atoms with Crippen LogP contribution in [0.15, 0.2) is 0 Å². The third-order valence-electron chi connectivity index (χ3n) is 2.63. The van der Waals surface area contributed by atoms with Crippen LogP contribution in [0.4, 0.5) is 0 Å². The van der Waals surface area contributed by atoms with E-state index in [4.69, 9.17) is 9.47 Å². The molecule has 0 aromatic carbocycles. The summed E-state index contributed by atoms with van der Waals surface area (Å²) in [6, 6.07) is 0. The van der Waals surface area contributed by atoms with Crippen LogP contribution < -0.4 is 24.0 Å². The summed E-state index contributed by atoms with van der Waals surface area (Å²) in [5, 5.41) is 0. The summed E-state index contributed by atoms with van der Waals surface area (Å²) < 4.78 is 10.1. The molecule has 0 aromatic rings. The molecule has 0 aliphatic heterocycles. The molecule has 2 nitrogen and oxygen atoms in total. The van der Waals surface area contributed by atoms with Crippen LogP contribution in [0, 0.1) is 18.3 Å². The van der Waals surface area contributed by atoms with Gasteiger partial charge >= 0.3 is 23.1 Å². The van der Waals surface area contributed by atoms with E-state index >= 15 is 0 Å². The Labute approximate surface area is 141 Å².